The minimum absolute atomic E-state index is 0.661. The van der Waals surface area contributed by atoms with Crippen molar-refractivity contribution < 1.29 is 9.39 Å². The Kier molecular flexibility index (Phi) is 6.43. The maximum Gasteiger partial charge on any atom is 0.0572 e. The van der Waals surface area contributed by atoms with Crippen LogP contribution in [0.3, 0.4) is 0 Å². The molecule has 4 heteroatoms. The van der Waals surface area contributed by atoms with Gasteiger partial charge in [-0.1, -0.05) is 0 Å². The topological polar surface area (TPSA) is 41.5 Å². The van der Waals surface area contributed by atoms with Gasteiger partial charge in [-0.3, -0.25) is 0 Å². The highest BCUT2D eigenvalue weighted by molar-refractivity contribution is 7.93. The summed E-state index contributed by atoms with van der Waals surface area (Å²) in [6, 6.07) is 0. The van der Waals surface area contributed by atoms with E-state index >= 15 is 0 Å². The maximum atomic E-state index is 8.11. The molecular formula is C3H9NO2S. The summed E-state index contributed by atoms with van der Waals surface area (Å²) in [5.74, 6) is 0.661. The van der Waals surface area contributed by atoms with Gasteiger partial charge in [0.15, 0.2) is 0 Å². The van der Waals surface area contributed by atoms with Crippen LogP contribution < -0.4 is 5.48 Å². The zero-order chi connectivity index (χ0) is 5.54. The van der Waals surface area contributed by atoms with Crippen LogP contribution in [0.5, 0.6) is 0 Å². The summed E-state index contributed by atoms with van der Waals surface area (Å²) in [6.45, 7) is 0.678. The zero-order valence-electron chi connectivity index (χ0n) is 4.18. The van der Waals surface area contributed by atoms with Gasteiger partial charge in [0.25, 0.3) is 0 Å². The molecule has 0 saturated carbocycles. The van der Waals surface area contributed by atoms with Crippen LogP contribution in [0.1, 0.15) is 0 Å². The largest absolute Gasteiger partial charge is 0.330 e. The third-order valence-electron chi connectivity index (χ3n) is 0.440. The average Bonchev–Trinajstić information content (AvgIpc) is 1.69. The highest BCUT2D eigenvalue weighted by Crippen LogP contribution is 1.84. The summed E-state index contributed by atoms with van der Waals surface area (Å²) < 4.78 is 8.11. The zero-order valence-corrected chi connectivity index (χ0v) is 4.99. The molecule has 0 amide bonds. The van der Waals surface area contributed by atoms with E-state index in [9.17, 15) is 0 Å². The molecule has 0 aromatic rings. The van der Waals surface area contributed by atoms with Crippen molar-refractivity contribution in [2.24, 2.45) is 0 Å². The molecule has 3 nitrogen and oxygen atoms in total. The molecule has 0 heterocycles. The Balaban J connectivity index is 2.45. The van der Waals surface area contributed by atoms with Crippen LogP contribution in [0.2, 0.25) is 0 Å². The van der Waals surface area contributed by atoms with Crippen LogP contribution >= 0.6 is 12.0 Å². The Labute approximate surface area is 47.2 Å². The Morgan fingerprint density at radius 2 is 2.57 bits per heavy atom. The molecule has 0 unspecified atom stereocenters. The molecule has 0 bridgehead atoms. The van der Waals surface area contributed by atoms with Gasteiger partial charge in [0.2, 0.25) is 0 Å². The molecule has 44 valence electrons. The van der Waals surface area contributed by atoms with E-state index in [2.05, 4.69) is 10.3 Å². The predicted octanol–water partition coefficient (Wildman–Crippen LogP) is 0.344. The van der Waals surface area contributed by atoms with Crippen molar-refractivity contribution in [1.29, 1.82) is 0 Å². The lowest BCUT2D eigenvalue weighted by atomic mass is 10.8. The number of nitrogens with one attached hydrogen (secondary N) is 1. The van der Waals surface area contributed by atoms with Gasteiger partial charge < -0.3 is 9.39 Å². The minimum Gasteiger partial charge on any atom is -0.330 e. The highest BCUT2D eigenvalue weighted by atomic mass is 32.2. The van der Waals surface area contributed by atoms with E-state index in [1.165, 1.54) is 0 Å². The van der Waals surface area contributed by atoms with Crippen LogP contribution in [-0.4, -0.2) is 24.0 Å². The molecular weight excluding hydrogens is 114 g/mol. The smallest absolute Gasteiger partial charge is 0.0572 e. The maximum absolute atomic E-state index is 8.11. The molecule has 0 aromatic carbocycles. The van der Waals surface area contributed by atoms with Crippen LogP contribution in [0.15, 0.2) is 0 Å². The fraction of sp³-hybridized carbons (Fsp3) is 1.00. The minimum atomic E-state index is 0.661. The first-order valence-electron chi connectivity index (χ1n) is 1.94. The normalized spacial score (nSPS) is 9.43. The van der Waals surface area contributed by atoms with Gasteiger partial charge in [-0.25, -0.2) is 5.48 Å². The van der Waals surface area contributed by atoms with Crippen LogP contribution in [0.25, 0.3) is 0 Å². The van der Waals surface area contributed by atoms with Gasteiger partial charge in [-0.15, -0.1) is 0 Å². The fourth-order valence-corrected chi connectivity index (χ4v) is 0.364. The molecule has 0 aliphatic heterocycles. The molecule has 2 N–H and O–H groups in total. The van der Waals surface area contributed by atoms with Gasteiger partial charge >= 0.3 is 0 Å². The Hall–Kier alpha value is 0.230. The summed E-state index contributed by atoms with van der Waals surface area (Å²) in [5.41, 5.74) is 2.57. The highest BCUT2D eigenvalue weighted by Gasteiger charge is 1.79. The lowest BCUT2D eigenvalue weighted by Gasteiger charge is -1.94. The van der Waals surface area contributed by atoms with E-state index in [-0.39, 0.29) is 0 Å². The van der Waals surface area contributed by atoms with Gasteiger partial charge in [0, 0.05) is 12.3 Å². The molecule has 7 heavy (non-hydrogen) atoms. The van der Waals surface area contributed by atoms with Gasteiger partial charge in [-0.2, -0.15) is 0 Å². The third-order valence-corrected chi connectivity index (χ3v) is 0.826. The van der Waals surface area contributed by atoms with E-state index in [1.807, 2.05) is 0 Å². The molecule has 0 radical (unpaired) electrons. The predicted molar refractivity (Wildman–Crippen MR) is 30.1 cm³/mol. The van der Waals surface area contributed by atoms with Crippen molar-refractivity contribution in [2.75, 3.05) is 19.4 Å². The quantitative estimate of drug-likeness (QED) is 0.321. The number of hydrogen-bond acceptors (Lipinski definition) is 4. The van der Waals surface area contributed by atoms with E-state index in [1.54, 1.807) is 7.11 Å². The first-order valence-corrected chi connectivity index (χ1v) is 2.88. The molecule has 0 saturated heterocycles. The van der Waals surface area contributed by atoms with Crippen molar-refractivity contribution in [2.45, 2.75) is 0 Å². The Morgan fingerprint density at radius 1 is 1.86 bits per heavy atom. The summed E-state index contributed by atoms with van der Waals surface area (Å²) in [4.78, 5) is 4.47. The van der Waals surface area contributed by atoms with Crippen molar-refractivity contribution >= 4 is 12.0 Å². The molecule has 0 atom stereocenters. The molecule has 0 rings (SSSR count). The third kappa shape index (κ3) is 6.23. The molecule has 0 aliphatic rings. The first kappa shape index (κ1) is 7.23. The number of rotatable bonds is 4. The van der Waals surface area contributed by atoms with Crippen LogP contribution in [-0.2, 0) is 4.84 Å². The van der Waals surface area contributed by atoms with Crippen LogP contribution in [0, 0.1) is 0 Å². The summed E-state index contributed by atoms with van der Waals surface area (Å²) >= 11 is 0.799. The SMILES string of the molecule is CONCCSO. The lowest BCUT2D eigenvalue weighted by Crippen LogP contribution is -2.14. The number of hydrogen-bond donors (Lipinski definition) is 2. The summed E-state index contributed by atoms with van der Waals surface area (Å²) in [6.07, 6.45) is 0. The monoisotopic (exact) mass is 123 g/mol. The summed E-state index contributed by atoms with van der Waals surface area (Å²) in [5, 5.41) is 0. The van der Waals surface area contributed by atoms with E-state index in [0.29, 0.717) is 12.3 Å². The molecule has 0 aromatic heterocycles. The van der Waals surface area contributed by atoms with Crippen molar-refractivity contribution in [3.8, 4) is 0 Å². The van der Waals surface area contributed by atoms with Crippen molar-refractivity contribution in [1.82, 2.24) is 5.48 Å². The molecule has 0 fully saturated rings. The van der Waals surface area contributed by atoms with Crippen LogP contribution in [0.4, 0.5) is 0 Å². The van der Waals surface area contributed by atoms with Crippen molar-refractivity contribution in [3.05, 3.63) is 0 Å². The first-order chi connectivity index (χ1) is 3.41. The second-order valence-corrected chi connectivity index (χ2v) is 1.60. The Morgan fingerprint density at radius 3 is 3.00 bits per heavy atom. The summed E-state index contributed by atoms with van der Waals surface area (Å²) in [7, 11) is 1.54. The fourth-order valence-electron chi connectivity index (χ4n) is 0.189. The average molecular weight is 123 g/mol. The van der Waals surface area contributed by atoms with Crippen molar-refractivity contribution in [3.63, 3.8) is 0 Å². The van der Waals surface area contributed by atoms with E-state index < -0.39 is 0 Å². The van der Waals surface area contributed by atoms with E-state index in [4.69, 9.17) is 4.55 Å². The molecule has 0 spiro atoms. The lowest BCUT2D eigenvalue weighted by molar-refractivity contribution is 0.0968. The Bertz CT molecular complexity index is 32.1. The second kappa shape index (κ2) is 6.23. The second-order valence-electron chi connectivity index (χ2n) is 0.932. The van der Waals surface area contributed by atoms with Gasteiger partial charge in [-0.05, 0) is 12.0 Å². The number of hydroxylamine groups is 1. The van der Waals surface area contributed by atoms with Gasteiger partial charge in [0.1, 0.15) is 0 Å². The molecule has 0 aliphatic carbocycles. The standard InChI is InChI=1S/C3H9NO2S/c1-6-4-2-3-7-5/h4-5H,2-3H2,1H3. The van der Waals surface area contributed by atoms with E-state index in [0.717, 1.165) is 12.0 Å². The van der Waals surface area contributed by atoms with Gasteiger partial charge in [0.05, 0.1) is 7.11 Å².